The summed E-state index contributed by atoms with van der Waals surface area (Å²) in [5, 5.41) is 12.6. The van der Waals surface area contributed by atoms with Gasteiger partial charge in [-0.2, -0.15) is 0 Å². The lowest BCUT2D eigenvalue weighted by molar-refractivity contribution is 0.517. The second-order valence-corrected chi connectivity index (χ2v) is 6.33. The molecule has 1 saturated carbocycles. The molecule has 1 N–H and O–H groups in total. The summed E-state index contributed by atoms with van der Waals surface area (Å²) in [5.41, 5.74) is 5.93. The van der Waals surface area contributed by atoms with Crippen LogP contribution in [0.2, 0.25) is 0 Å². The van der Waals surface area contributed by atoms with Gasteiger partial charge in [-0.1, -0.05) is 48.4 Å². The van der Waals surface area contributed by atoms with Gasteiger partial charge in [0.05, 0.1) is 0 Å². The Morgan fingerprint density at radius 2 is 1.90 bits per heavy atom. The fraction of sp³-hybridized carbons (Fsp3) is 0.467. The number of hydrazine groups is 1. The number of hydrogen-bond donors (Lipinski definition) is 1. The first-order chi connectivity index (χ1) is 9.74. The van der Waals surface area contributed by atoms with E-state index in [0.29, 0.717) is 6.04 Å². The van der Waals surface area contributed by atoms with Crippen LogP contribution in [0.1, 0.15) is 31.2 Å². The number of anilines is 1. The highest BCUT2D eigenvalue weighted by atomic mass is 35.5. The predicted molar refractivity (Wildman–Crippen MR) is 91.1 cm³/mol. The van der Waals surface area contributed by atoms with Crippen LogP contribution in [-0.2, 0) is 0 Å². The molecule has 114 valence electrons. The van der Waals surface area contributed by atoms with Crippen molar-refractivity contribution >= 4 is 28.9 Å². The third-order valence-corrected chi connectivity index (χ3v) is 4.84. The highest BCUT2D eigenvalue weighted by Crippen LogP contribution is 2.30. The molecule has 0 saturated heterocycles. The standard InChI is InChI=1S/C15H20N4S.ClH/c1-11-7-3-6-10-13(11)14-16-17-15(20-14)19(2)18-12-8-4-5-9-12;/h3,6-7,10,12,18H,4-5,8-9H2,1-2H3;1H. The molecule has 4 nitrogen and oxygen atoms in total. The first-order valence-electron chi connectivity index (χ1n) is 7.13. The first kappa shape index (κ1) is 16.2. The second-order valence-electron chi connectivity index (χ2n) is 5.37. The van der Waals surface area contributed by atoms with Crippen LogP contribution in [0.15, 0.2) is 24.3 Å². The van der Waals surface area contributed by atoms with E-state index in [1.165, 1.54) is 36.8 Å². The number of nitrogens with one attached hydrogen (secondary N) is 1. The zero-order valence-electron chi connectivity index (χ0n) is 12.4. The average Bonchev–Trinajstić information content (AvgIpc) is 3.10. The van der Waals surface area contributed by atoms with Gasteiger partial charge in [0, 0.05) is 18.7 Å². The molecular weight excluding hydrogens is 304 g/mol. The third-order valence-electron chi connectivity index (χ3n) is 3.81. The molecule has 1 aromatic heterocycles. The van der Waals surface area contributed by atoms with Crippen molar-refractivity contribution in [1.29, 1.82) is 0 Å². The summed E-state index contributed by atoms with van der Waals surface area (Å²) in [5.74, 6) is 0. The van der Waals surface area contributed by atoms with E-state index in [0.717, 1.165) is 10.1 Å². The third kappa shape index (κ3) is 3.73. The quantitative estimate of drug-likeness (QED) is 0.868. The van der Waals surface area contributed by atoms with Crippen molar-refractivity contribution in [3.05, 3.63) is 29.8 Å². The topological polar surface area (TPSA) is 41.1 Å². The van der Waals surface area contributed by atoms with Gasteiger partial charge in [0.2, 0.25) is 5.13 Å². The highest BCUT2D eigenvalue weighted by Gasteiger charge is 2.18. The summed E-state index contributed by atoms with van der Waals surface area (Å²) in [6, 6.07) is 8.89. The Labute approximate surface area is 136 Å². The molecular formula is C15H21ClN4S. The van der Waals surface area contributed by atoms with Crippen LogP contribution in [0.4, 0.5) is 5.13 Å². The van der Waals surface area contributed by atoms with Gasteiger partial charge in [-0.3, -0.25) is 5.01 Å². The molecule has 1 aliphatic rings. The van der Waals surface area contributed by atoms with Gasteiger partial charge in [0.1, 0.15) is 5.01 Å². The molecule has 0 spiro atoms. The Hall–Kier alpha value is -1.17. The van der Waals surface area contributed by atoms with Crippen LogP contribution in [0.25, 0.3) is 10.6 Å². The van der Waals surface area contributed by atoms with Gasteiger partial charge in [-0.05, 0) is 25.3 Å². The normalized spacial score (nSPS) is 15.0. The maximum absolute atomic E-state index is 4.33. The van der Waals surface area contributed by atoms with E-state index >= 15 is 0 Å². The summed E-state index contributed by atoms with van der Waals surface area (Å²) in [6.07, 6.45) is 5.17. The van der Waals surface area contributed by atoms with E-state index < -0.39 is 0 Å². The second kappa shape index (κ2) is 7.20. The molecule has 1 aromatic carbocycles. The summed E-state index contributed by atoms with van der Waals surface area (Å²) in [7, 11) is 2.03. The summed E-state index contributed by atoms with van der Waals surface area (Å²) in [4.78, 5) is 0. The van der Waals surface area contributed by atoms with Gasteiger partial charge in [0.25, 0.3) is 0 Å². The minimum absolute atomic E-state index is 0. The fourth-order valence-corrected chi connectivity index (χ4v) is 3.52. The molecule has 0 amide bonds. The molecule has 6 heteroatoms. The Bertz CT molecular complexity index is 581. The van der Waals surface area contributed by atoms with Crippen LogP contribution in [0.5, 0.6) is 0 Å². The monoisotopic (exact) mass is 324 g/mol. The van der Waals surface area contributed by atoms with E-state index in [4.69, 9.17) is 0 Å². The number of halogens is 1. The number of aryl methyl sites for hydroxylation is 1. The van der Waals surface area contributed by atoms with Crippen LogP contribution < -0.4 is 10.4 Å². The molecule has 1 heterocycles. The molecule has 0 bridgehead atoms. The van der Waals surface area contributed by atoms with Gasteiger partial charge in [0.15, 0.2) is 0 Å². The molecule has 0 radical (unpaired) electrons. The van der Waals surface area contributed by atoms with Crippen molar-refractivity contribution < 1.29 is 0 Å². The number of aromatic nitrogens is 2. The molecule has 21 heavy (non-hydrogen) atoms. The summed E-state index contributed by atoms with van der Waals surface area (Å²) >= 11 is 1.63. The number of rotatable bonds is 4. The molecule has 0 atom stereocenters. The van der Waals surface area contributed by atoms with Crippen molar-refractivity contribution in [3.8, 4) is 10.6 Å². The van der Waals surface area contributed by atoms with Gasteiger partial charge in [-0.15, -0.1) is 22.6 Å². The van der Waals surface area contributed by atoms with E-state index in [1.807, 2.05) is 18.1 Å². The summed E-state index contributed by atoms with van der Waals surface area (Å²) in [6.45, 7) is 2.11. The largest absolute Gasteiger partial charge is 0.285 e. The van der Waals surface area contributed by atoms with E-state index in [9.17, 15) is 0 Å². The minimum atomic E-state index is 0. The number of nitrogens with zero attached hydrogens (tertiary/aromatic N) is 3. The van der Waals surface area contributed by atoms with Crippen molar-refractivity contribution in [3.63, 3.8) is 0 Å². The van der Waals surface area contributed by atoms with Crippen LogP contribution in [0, 0.1) is 6.92 Å². The maximum Gasteiger partial charge on any atom is 0.222 e. The van der Waals surface area contributed by atoms with E-state index in [-0.39, 0.29) is 12.4 Å². The fourth-order valence-electron chi connectivity index (χ4n) is 2.66. The average molecular weight is 325 g/mol. The smallest absolute Gasteiger partial charge is 0.222 e. The Balaban J connectivity index is 0.00000161. The Morgan fingerprint density at radius 1 is 1.19 bits per heavy atom. The SMILES string of the molecule is Cc1ccccc1-c1nnc(N(C)NC2CCCC2)s1.Cl. The van der Waals surface area contributed by atoms with E-state index in [2.05, 4.69) is 40.7 Å². The lowest BCUT2D eigenvalue weighted by atomic mass is 10.1. The highest BCUT2D eigenvalue weighted by molar-refractivity contribution is 7.18. The van der Waals surface area contributed by atoms with Crippen LogP contribution in [0.3, 0.4) is 0 Å². The molecule has 0 unspecified atom stereocenters. The summed E-state index contributed by atoms with van der Waals surface area (Å²) < 4.78 is 0. The zero-order chi connectivity index (χ0) is 13.9. The minimum Gasteiger partial charge on any atom is -0.285 e. The molecule has 1 aliphatic carbocycles. The first-order valence-corrected chi connectivity index (χ1v) is 7.95. The predicted octanol–water partition coefficient (Wildman–Crippen LogP) is 3.82. The molecule has 1 fully saturated rings. The Morgan fingerprint density at radius 3 is 2.62 bits per heavy atom. The van der Waals surface area contributed by atoms with Crippen LogP contribution in [-0.4, -0.2) is 23.3 Å². The molecule has 0 aliphatic heterocycles. The maximum atomic E-state index is 4.33. The zero-order valence-corrected chi connectivity index (χ0v) is 14.0. The number of hydrogen-bond acceptors (Lipinski definition) is 5. The van der Waals surface area contributed by atoms with Crippen molar-refractivity contribution in [1.82, 2.24) is 15.6 Å². The van der Waals surface area contributed by atoms with Gasteiger partial charge < -0.3 is 0 Å². The van der Waals surface area contributed by atoms with Crippen LogP contribution >= 0.6 is 23.7 Å². The molecule has 2 aromatic rings. The lowest BCUT2D eigenvalue weighted by Gasteiger charge is -2.21. The van der Waals surface area contributed by atoms with Crippen molar-refractivity contribution in [2.75, 3.05) is 12.1 Å². The number of benzene rings is 1. The lowest BCUT2D eigenvalue weighted by Crippen LogP contribution is -2.41. The van der Waals surface area contributed by atoms with Gasteiger partial charge in [-0.25, -0.2) is 5.43 Å². The Kier molecular flexibility index (Phi) is 5.56. The van der Waals surface area contributed by atoms with E-state index in [1.54, 1.807) is 11.3 Å². The van der Waals surface area contributed by atoms with Crippen molar-refractivity contribution in [2.45, 2.75) is 38.6 Å². The molecule has 3 rings (SSSR count). The van der Waals surface area contributed by atoms with Gasteiger partial charge >= 0.3 is 0 Å². The van der Waals surface area contributed by atoms with Crippen molar-refractivity contribution in [2.24, 2.45) is 0 Å².